The van der Waals surface area contributed by atoms with Gasteiger partial charge in [0.1, 0.15) is 5.75 Å². The van der Waals surface area contributed by atoms with Gasteiger partial charge in [0.2, 0.25) is 11.8 Å². The summed E-state index contributed by atoms with van der Waals surface area (Å²) in [4.78, 5) is 11.6. The standard InChI is InChI=1S/C19H19N3O2/c1-23-14-9-10-17-13(12-14)6-5-11-22(17)19-20-16-8-4-3-7-15(16)18(21-19)24-2/h3-4,7-10,12H,5-6,11H2,1-2H3. The van der Waals surface area contributed by atoms with Crippen LogP contribution in [0.3, 0.4) is 0 Å². The third-order valence-electron chi connectivity index (χ3n) is 4.40. The molecule has 0 aliphatic carbocycles. The summed E-state index contributed by atoms with van der Waals surface area (Å²) in [6.45, 7) is 0.890. The van der Waals surface area contributed by atoms with Crippen molar-refractivity contribution < 1.29 is 9.47 Å². The second kappa shape index (κ2) is 6.00. The zero-order chi connectivity index (χ0) is 16.5. The predicted molar refractivity (Wildman–Crippen MR) is 94.4 cm³/mol. The van der Waals surface area contributed by atoms with Crippen LogP contribution in [0.2, 0.25) is 0 Å². The molecule has 0 atom stereocenters. The molecule has 0 N–H and O–H groups in total. The lowest BCUT2D eigenvalue weighted by molar-refractivity contribution is 0.402. The summed E-state index contributed by atoms with van der Waals surface area (Å²) in [7, 11) is 3.34. The number of ether oxygens (including phenoxy) is 2. The Morgan fingerprint density at radius 2 is 1.88 bits per heavy atom. The van der Waals surface area contributed by atoms with E-state index in [0.29, 0.717) is 11.8 Å². The van der Waals surface area contributed by atoms with Gasteiger partial charge in [-0.15, -0.1) is 0 Å². The van der Waals surface area contributed by atoms with Gasteiger partial charge in [-0.25, -0.2) is 4.98 Å². The highest BCUT2D eigenvalue weighted by molar-refractivity contribution is 5.85. The van der Waals surface area contributed by atoms with Crippen molar-refractivity contribution in [1.29, 1.82) is 0 Å². The highest BCUT2D eigenvalue weighted by atomic mass is 16.5. The van der Waals surface area contributed by atoms with Crippen LogP contribution in [0, 0.1) is 0 Å². The van der Waals surface area contributed by atoms with E-state index in [4.69, 9.17) is 14.5 Å². The van der Waals surface area contributed by atoms with Crippen molar-refractivity contribution in [2.45, 2.75) is 12.8 Å². The van der Waals surface area contributed by atoms with E-state index in [1.165, 1.54) is 5.56 Å². The first-order valence-corrected chi connectivity index (χ1v) is 8.05. The number of benzene rings is 2. The Morgan fingerprint density at radius 3 is 2.71 bits per heavy atom. The van der Waals surface area contributed by atoms with Gasteiger partial charge in [-0.3, -0.25) is 0 Å². The number of methoxy groups -OCH3 is 2. The second-order valence-corrected chi connectivity index (χ2v) is 5.80. The third kappa shape index (κ3) is 2.42. The second-order valence-electron chi connectivity index (χ2n) is 5.80. The molecule has 2 aromatic carbocycles. The largest absolute Gasteiger partial charge is 0.497 e. The molecular formula is C19H19N3O2. The van der Waals surface area contributed by atoms with Crippen molar-refractivity contribution in [2.24, 2.45) is 0 Å². The molecule has 5 nitrogen and oxygen atoms in total. The minimum absolute atomic E-state index is 0.608. The first-order valence-electron chi connectivity index (χ1n) is 8.05. The van der Waals surface area contributed by atoms with Crippen LogP contribution in [0.1, 0.15) is 12.0 Å². The van der Waals surface area contributed by atoms with Gasteiger partial charge in [-0.1, -0.05) is 12.1 Å². The molecule has 0 fully saturated rings. The van der Waals surface area contributed by atoms with Crippen LogP contribution in [0.4, 0.5) is 11.6 Å². The summed E-state index contributed by atoms with van der Waals surface area (Å²) in [5.41, 5.74) is 3.29. The third-order valence-corrected chi connectivity index (χ3v) is 4.40. The molecule has 1 aromatic heterocycles. The molecule has 3 aromatic rings. The van der Waals surface area contributed by atoms with Crippen molar-refractivity contribution in [2.75, 3.05) is 25.7 Å². The molecule has 0 saturated carbocycles. The summed E-state index contributed by atoms with van der Waals surface area (Å²) in [5.74, 6) is 2.17. The van der Waals surface area contributed by atoms with Gasteiger partial charge in [-0.2, -0.15) is 4.98 Å². The van der Waals surface area contributed by atoms with E-state index in [0.717, 1.165) is 41.7 Å². The minimum atomic E-state index is 0.608. The normalized spacial score (nSPS) is 13.7. The van der Waals surface area contributed by atoms with E-state index in [1.807, 2.05) is 30.3 Å². The number of rotatable bonds is 3. The number of aromatic nitrogens is 2. The maximum absolute atomic E-state index is 5.49. The Hall–Kier alpha value is -2.82. The number of para-hydroxylation sites is 1. The number of nitrogens with zero attached hydrogens (tertiary/aromatic N) is 3. The molecule has 0 unspecified atom stereocenters. The molecule has 0 amide bonds. The Balaban J connectivity index is 1.84. The molecule has 0 spiro atoms. The van der Waals surface area contributed by atoms with Crippen LogP contribution in [-0.4, -0.2) is 30.7 Å². The number of aryl methyl sites for hydroxylation is 1. The van der Waals surface area contributed by atoms with Crippen LogP contribution in [0.5, 0.6) is 11.6 Å². The van der Waals surface area contributed by atoms with Crippen LogP contribution in [-0.2, 0) is 6.42 Å². The van der Waals surface area contributed by atoms with E-state index < -0.39 is 0 Å². The van der Waals surface area contributed by atoms with E-state index in [2.05, 4.69) is 22.0 Å². The lowest BCUT2D eigenvalue weighted by atomic mass is 10.0. The lowest BCUT2D eigenvalue weighted by Crippen LogP contribution is -2.26. The van der Waals surface area contributed by atoms with E-state index in [1.54, 1.807) is 14.2 Å². The fourth-order valence-corrected chi connectivity index (χ4v) is 3.22. The maximum atomic E-state index is 5.49. The highest BCUT2D eigenvalue weighted by Gasteiger charge is 2.22. The molecule has 1 aliphatic heterocycles. The van der Waals surface area contributed by atoms with Crippen LogP contribution >= 0.6 is 0 Å². The van der Waals surface area contributed by atoms with Crippen molar-refractivity contribution in [1.82, 2.24) is 9.97 Å². The molecule has 1 aliphatic rings. The number of hydrogen-bond acceptors (Lipinski definition) is 5. The molecule has 24 heavy (non-hydrogen) atoms. The van der Waals surface area contributed by atoms with Crippen LogP contribution in [0.15, 0.2) is 42.5 Å². The van der Waals surface area contributed by atoms with Gasteiger partial charge in [0.05, 0.1) is 25.1 Å². The minimum Gasteiger partial charge on any atom is -0.497 e. The maximum Gasteiger partial charge on any atom is 0.233 e. The van der Waals surface area contributed by atoms with Gasteiger partial charge < -0.3 is 14.4 Å². The van der Waals surface area contributed by atoms with Crippen molar-refractivity contribution in [3.63, 3.8) is 0 Å². The lowest BCUT2D eigenvalue weighted by Gasteiger charge is -2.30. The Labute approximate surface area is 140 Å². The average molecular weight is 321 g/mol. The Morgan fingerprint density at radius 1 is 1.00 bits per heavy atom. The summed E-state index contributed by atoms with van der Waals surface area (Å²) >= 11 is 0. The van der Waals surface area contributed by atoms with Gasteiger partial charge in [0, 0.05) is 12.2 Å². The first-order chi connectivity index (χ1) is 11.8. The fourth-order valence-electron chi connectivity index (χ4n) is 3.22. The van der Waals surface area contributed by atoms with Gasteiger partial charge in [-0.05, 0) is 48.7 Å². The van der Waals surface area contributed by atoms with E-state index >= 15 is 0 Å². The summed E-state index contributed by atoms with van der Waals surface area (Å²) in [6.07, 6.45) is 2.09. The van der Waals surface area contributed by atoms with Crippen LogP contribution in [0.25, 0.3) is 10.9 Å². The monoisotopic (exact) mass is 321 g/mol. The number of hydrogen-bond donors (Lipinski definition) is 0. The average Bonchev–Trinajstić information content (AvgIpc) is 2.66. The van der Waals surface area contributed by atoms with E-state index in [-0.39, 0.29) is 0 Å². The summed E-state index contributed by atoms with van der Waals surface area (Å²) in [5, 5.41) is 0.927. The SMILES string of the molecule is COc1ccc2c(c1)CCCN2c1nc(OC)c2ccccc2n1. The van der Waals surface area contributed by atoms with Crippen molar-refractivity contribution in [3.8, 4) is 11.6 Å². The first kappa shape index (κ1) is 14.8. The highest BCUT2D eigenvalue weighted by Crippen LogP contribution is 2.35. The smallest absolute Gasteiger partial charge is 0.233 e. The van der Waals surface area contributed by atoms with Gasteiger partial charge in [0.25, 0.3) is 0 Å². The molecule has 5 heteroatoms. The number of fused-ring (bicyclic) bond motifs is 2. The molecule has 4 rings (SSSR count). The molecule has 0 bridgehead atoms. The fraction of sp³-hybridized carbons (Fsp3) is 0.263. The van der Waals surface area contributed by atoms with Crippen molar-refractivity contribution in [3.05, 3.63) is 48.0 Å². The Kier molecular flexibility index (Phi) is 3.69. The Bertz CT molecular complexity index is 895. The molecular weight excluding hydrogens is 302 g/mol. The molecule has 2 heterocycles. The topological polar surface area (TPSA) is 47.5 Å². The summed E-state index contributed by atoms with van der Waals surface area (Å²) < 4.78 is 10.8. The summed E-state index contributed by atoms with van der Waals surface area (Å²) in [6, 6.07) is 14.1. The van der Waals surface area contributed by atoms with Crippen molar-refractivity contribution >= 4 is 22.5 Å². The van der Waals surface area contributed by atoms with Gasteiger partial charge >= 0.3 is 0 Å². The zero-order valence-electron chi connectivity index (χ0n) is 13.8. The predicted octanol–water partition coefficient (Wildman–Crippen LogP) is 3.73. The molecule has 0 saturated heterocycles. The van der Waals surface area contributed by atoms with Gasteiger partial charge in [0.15, 0.2) is 0 Å². The zero-order valence-corrected chi connectivity index (χ0v) is 13.8. The van der Waals surface area contributed by atoms with Crippen LogP contribution < -0.4 is 14.4 Å². The molecule has 122 valence electrons. The van der Waals surface area contributed by atoms with E-state index in [9.17, 15) is 0 Å². The quantitative estimate of drug-likeness (QED) is 0.735. The number of anilines is 2. The molecule has 0 radical (unpaired) electrons.